The number of benzene rings is 2. The molecule has 0 saturated carbocycles. The molecule has 0 unspecified atom stereocenters. The third-order valence-electron chi connectivity index (χ3n) is 3.73. The van der Waals surface area contributed by atoms with Crippen LogP contribution in [-0.4, -0.2) is 4.57 Å². The second-order valence-electron chi connectivity index (χ2n) is 4.87. The highest BCUT2D eigenvalue weighted by Crippen LogP contribution is 2.33. The molecule has 104 valence electrons. The second-order valence-corrected chi connectivity index (χ2v) is 4.87. The lowest BCUT2D eigenvalue weighted by atomic mass is 9.98. The van der Waals surface area contributed by atoms with Gasteiger partial charge < -0.3 is 15.7 Å². The number of fused-ring (bicyclic) bond motifs is 3. The summed E-state index contributed by atoms with van der Waals surface area (Å²) in [7, 11) is 0. The zero-order valence-corrected chi connectivity index (χ0v) is 13.3. The van der Waals surface area contributed by atoms with Gasteiger partial charge in [-0.05, 0) is 43.5 Å². The smallest absolute Gasteiger partial charge is 0.0561 e. The molecule has 3 rings (SSSR count). The van der Waals surface area contributed by atoms with E-state index >= 15 is 0 Å². The molecule has 2 aliphatic rings. The minimum absolute atomic E-state index is 0. The van der Waals surface area contributed by atoms with Gasteiger partial charge in [0.05, 0.1) is 11.1 Å². The van der Waals surface area contributed by atoms with E-state index < -0.39 is 0 Å². The fourth-order valence-corrected chi connectivity index (χ4v) is 2.81. The number of rotatable bonds is 1. The number of hydrogen-bond donors (Lipinski definition) is 2. The molecule has 0 aromatic heterocycles. The summed E-state index contributed by atoms with van der Waals surface area (Å²) in [5.74, 6) is 0. The average molecular weight is 332 g/mol. The van der Waals surface area contributed by atoms with E-state index in [1.807, 2.05) is 30.3 Å². The second kappa shape index (κ2) is 5.29. The van der Waals surface area contributed by atoms with Crippen molar-refractivity contribution in [1.82, 2.24) is 4.57 Å². The molecule has 0 bridgehead atoms. The minimum Gasteiger partial charge on any atom is -0.399 e. The normalized spacial score (nSPS) is 10.7. The van der Waals surface area contributed by atoms with Gasteiger partial charge in [0.2, 0.25) is 0 Å². The molecule has 3 N–H and O–H groups in total. The lowest BCUT2D eigenvalue weighted by Crippen LogP contribution is -2.11. The van der Waals surface area contributed by atoms with E-state index in [9.17, 15) is 0 Å². The van der Waals surface area contributed by atoms with Crippen LogP contribution in [0, 0.1) is 12.3 Å². The van der Waals surface area contributed by atoms with E-state index in [1.54, 1.807) is 0 Å². The number of halogens is 1. The molecule has 1 aliphatic carbocycles. The topological polar surface area (TPSA) is 54.8 Å². The SMILES string of the molecule is Br.CCn1c2cc(=N)ccc-2c2ccc(N)cc2c1C. The standard InChI is InChI=1S/C16H17N3.BrH/c1-3-19-10(2)15-8-11(17)4-6-13(15)14-7-5-12(18)9-16(14)19;/h4-9,18H,3,17H2,1-2H3;1H. The van der Waals surface area contributed by atoms with Crippen LogP contribution in [0.3, 0.4) is 0 Å². The number of anilines is 1. The van der Waals surface area contributed by atoms with Gasteiger partial charge in [0.1, 0.15) is 0 Å². The number of nitrogens with one attached hydrogen (secondary N) is 1. The van der Waals surface area contributed by atoms with Gasteiger partial charge in [0.15, 0.2) is 0 Å². The van der Waals surface area contributed by atoms with Crippen molar-refractivity contribution < 1.29 is 0 Å². The third-order valence-corrected chi connectivity index (χ3v) is 3.73. The summed E-state index contributed by atoms with van der Waals surface area (Å²) < 4.78 is 2.25. The van der Waals surface area contributed by atoms with Gasteiger partial charge >= 0.3 is 0 Å². The Kier molecular flexibility index (Phi) is 3.86. The summed E-state index contributed by atoms with van der Waals surface area (Å²) >= 11 is 0. The van der Waals surface area contributed by atoms with Crippen molar-refractivity contribution in [3.05, 3.63) is 47.4 Å². The van der Waals surface area contributed by atoms with Crippen molar-refractivity contribution in [3.8, 4) is 11.3 Å². The maximum atomic E-state index is 7.83. The highest BCUT2D eigenvalue weighted by molar-refractivity contribution is 8.93. The van der Waals surface area contributed by atoms with E-state index in [4.69, 9.17) is 11.1 Å². The van der Waals surface area contributed by atoms with Gasteiger partial charge in [-0.3, -0.25) is 0 Å². The molecule has 0 amide bonds. The lowest BCUT2D eigenvalue weighted by Gasteiger charge is -2.21. The first-order chi connectivity index (χ1) is 9.11. The Labute approximate surface area is 128 Å². The summed E-state index contributed by atoms with van der Waals surface area (Å²) in [5, 5.41) is 10.8. The van der Waals surface area contributed by atoms with Crippen molar-refractivity contribution in [2.24, 2.45) is 0 Å². The fourth-order valence-electron chi connectivity index (χ4n) is 2.81. The Bertz CT molecular complexity index is 805. The minimum atomic E-state index is 0. The molecule has 0 spiro atoms. The molecule has 3 nitrogen and oxygen atoms in total. The van der Waals surface area contributed by atoms with Crippen molar-refractivity contribution in [2.45, 2.75) is 20.4 Å². The Morgan fingerprint density at radius 1 is 1.10 bits per heavy atom. The highest BCUT2D eigenvalue weighted by Gasteiger charge is 2.13. The largest absolute Gasteiger partial charge is 0.399 e. The van der Waals surface area contributed by atoms with Crippen molar-refractivity contribution >= 4 is 33.4 Å². The number of nitrogens with two attached hydrogens (primary N) is 1. The summed E-state index contributed by atoms with van der Waals surface area (Å²) in [6.45, 7) is 5.12. The van der Waals surface area contributed by atoms with Crippen LogP contribution in [0.4, 0.5) is 5.69 Å². The van der Waals surface area contributed by atoms with Crippen LogP contribution in [0.1, 0.15) is 12.6 Å². The fraction of sp³-hybridized carbons (Fsp3) is 0.188. The van der Waals surface area contributed by atoms with E-state index in [0.29, 0.717) is 5.36 Å². The Balaban J connectivity index is 0.00000147. The van der Waals surface area contributed by atoms with E-state index in [-0.39, 0.29) is 17.0 Å². The number of nitrogens with zero attached hydrogens (tertiary/aromatic N) is 1. The van der Waals surface area contributed by atoms with Crippen LogP contribution in [0.5, 0.6) is 0 Å². The monoisotopic (exact) mass is 331 g/mol. The molecule has 0 saturated heterocycles. The summed E-state index contributed by atoms with van der Waals surface area (Å²) in [5.41, 5.74) is 10.2. The van der Waals surface area contributed by atoms with Gasteiger partial charge in [-0.1, -0.05) is 12.1 Å². The summed E-state index contributed by atoms with van der Waals surface area (Å²) in [6, 6.07) is 11.8. The molecular weight excluding hydrogens is 314 g/mol. The number of pyridine rings is 1. The van der Waals surface area contributed by atoms with Gasteiger partial charge in [-0.15, -0.1) is 17.0 Å². The van der Waals surface area contributed by atoms with Crippen LogP contribution in [0.25, 0.3) is 22.0 Å². The maximum absolute atomic E-state index is 7.83. The van der Waals surface area contributed by atoms with Crippen LogP contribution >= 0.6 is 17.0 Å². The van der Waals surface area contributed by atoms with Gasteiger partial charge in [-0.2, -0.15) is 0 Å². The number of aromatic nitrogens is 1. The van der Waals surface area contributed by atoms with Crippen LogP contribution < -0.4 is 11.1 Å². The average Bonchev–Trinajstić information content (AvgIpc) is 2.39. The van der Waals surface area contributed by atoms with E-state index in [1.165, 1.54) is 22.0 Å². The number of aryl methyl sites for hydroxylation is 1. The van der Waals surface area contributed by atoms with E-state index in [0.717, 1.165) is 17.9 Å². The Hall–Kier alpha value is -1.81. The van der Waals surface area contributed by atoms with Crippen LogP contribution in [-0.2, 0) is 6.54 Å². The molecule has 0 radical (unpaired) electrons. The molecule has 20 heavy (non-hydrogen) atoms. The molecule has 0 fully saturated rings. The predicted molar refractivity (Wildman–Crippen MR) is 89.6 cm³/mol. The summed E-state index contributed by atoms with van der Waals surface area (Å²) in [6.07, 6.45) is 0. The van der Waals surface area contributed by atoms with Gasteiger partial charge in [0, 0.05) is 28.9 Å². The van der Waals surface area contributed by atoms with Crippen LogP contribution in [0.15, 0.2) is 36.4 Å². The first kappa shape index (κ1) is 14.6. The molecule has 1 aliphatic heterocycles. The first-order valence-electron chi connectivity index (χ1n) is 6.49. The molecular formula is C16H18BrN3. The molecule has 0 atom stereocenters. The van der Waals surface area contributed by atoms with Crippen molar-refractivity contribution in [2.75, 3.05) is 5.73 Å². The van der Waals surface area contributed by atoms with E-state index in [2.05, 4.69) is 24.5 Å². The van der Waals surface area contributed by atoms with Gasteiger partial charge in [-0.25, -0.2) is 0 Å². The molecule has 1 heterocycles. The Morgan fingerprint density at radius 3 is 2.55 bits per heavy atom. The molecule has 1 aromatic carbocycles. The summed E-state index contributed by atoms with van der Waals surface area (Å²) in [4.78, 5) is 0. The zero-order chi connectivity index (χ0) is 13.6. The zero-order valence-electron chi connectivity index (χ0n) is 11.6. The quantitative estimate of drug-likeness (QED) is 0.518. The maximum Gasteiger partial charge on any atom is 0.0561 e. The highest BCUT2D eigenvalue weighted by atomic mass is 79.9. The van der Waals surface area contributed by atoms with Gasteiger partial charge in [0.25, 0.3) is 0 Å². The third kappa shape index (κ3) is 2.10. The van der Waals surface area contributed by atoms with Crippen LogP contribution in [0.2, 0.25) is 0 Å². The number of nitrogen functional groups attached to an aromatic ring is 1. The first-order valence-corrected chi connectivity index (χ1v) is 6.49. The van der Waals surface area contributed by atoms with Crippen molar-refractivity contribution in [3.63, 3.8) is 0 Å². The Morgan fingerprint density at radius 2 is 1.85 bits per heavy atom. The molecule has 1 aromatic rings. The predicted octanol–water partition coefficient (Wildman–Crippen LogP) is 3.71. The lowest BCUT2D eigenvalue weighted by molar-refractivity contribution is 0.742. The number of hydrogen-bond acceptors (Lipinski definition) is 2. The molecule has 4 heteroatoms. The van der Waals surface area contributed by atoms with Crippen molar-refractivity contribution in [1.29, 1.82) is 5.41 Å².